The maximum absolute atomic E-state index is 6.44. The van der Waals surface area contributed by atoms with E-state index in [1.807, 2.05) is 18.2 Å². The van der Waals surface area contributed by atoms with E-state index in [4.69, 9.17) is 14.7 Å². The number of hydrogen-bond donors (Lipinski definition) is 1. The fourth-order valence-electron chi connectivity index (χ4n) is 6.32. The van der Waals surface area contributed by atoms with Crippen molar-refractivity contribution in [2.75, 3.05) is 5.32 Å². The van der Waals surface area contributed by atoms with Crippen molar-refractivity contribution in [3.8, 4) is 39.7 Å². The van der Waals surface area contributed by atoms with E-state index in [1.165, 1.54) is 21.5 Å². The van der Waals surface area contributed by atoms with Gasteiger partial charge in [0, 0.05) is 27.6 Å². The quantitative estimate of drug-likeness (QED) is 0.226. The largest absolute Gasteiger partial charge is 0.464 e. The highest BCUT2D eigenvalue weighted by Gasteiger charge is 2.25. The number of benzene rings is 7. The van der Waals surface area contributed by atoms with E-state index in [0.717, 1.165) is 55.9 Å². The third-order valence-electron chi connectivity index (χ3n) is 8.67. The molecule has 1 aromatic heterocycles. The minimum atomic E-state index is -0.206. The highest BCUT2D eigenvalue weighted by molar-refractivity contribution is 5.97. The first-order chi connectivity index (χ1) is 22.2. The van der Waals surface area contributed by atoms with Crippen molar-refractivity contribution in [2.24, 2.45) is 0 Å². The minimum Gasteiger partial charge on any atom is -0.464 e. The third-order valence-corrected chi connectivity index (χ3v) is 8.67. The van der Waals surface area contributed by atoms with Gasteiger partial charge in [-0.3, -0.25) is 0 Å². The molecular formula is C41H27N3O. The molecule has 1 aliphatic rings. The standard InChI is InChI=1S/C41H27N3O/c1-2-10-28(11-3-1)41-44-36-21-19-31-24-33(18-20-35(31)39(36)45-41)38-25-37(32-16-14-26-8-4-6-12-29(26)22-32)42-40(43-38)34-17-15-27-9-5-7-13-30(27)23-34/h1-25,41,44H. The summed E-state index contributed by atoms with van der Waals surface area (Å²) in [6, 6.07) is 52.9. The molecule has 7 aromatic carbocycles. The van der Waals surface area contributed by atoms with Crippen molar-refractivity contribution in [2.45, 2.75) is 6.23 Å². The molecule has 0 spiro atoms. The summed E-state index contributed by atoms with van der Waals surface area (Å²) in [6.07, 6.45) is -0.206. The Balaban J connectivity index is 1.17. The molecule has 1 N–H and O–H groups in total. The monoisotopic (exact) mass is 577 g/mol. The number of fused-ring (bicyclic) bond motifs is 5. The van der Waals surface area contributed by atoms with Crippen LogP contribution in [-0.4, -0.2) is 9.97 Å². The summed E-state index contributed by atoms with van der Waals surface area (Å²) in [5.74, 6) is 1.58. The number of ether oxygens (including phenoxy) is 1. The Morgan fingerprint density at radius 1 is 0.467 bits per heavy atom. The summed E-state index contributed by atoms with van der Waals surface area (Å²) in [5.41, 5.74) is 6.94. The molecule has 212 valence electrons. The van der Waals surface area contributed by atoms with E-state index in [1.54, 1.807) is 0 Å². The number of aromatic nitrogens is 2. The Hall–Kier alpha value is -6.00. The van der Waals surface area contributed by atoms with Crippen LogP contribution in [0.1, 0.15) is 11.8 Å². The number of rotatable bonds is 4. The maximum atomic E-state index is 6.44. The predicted octanol–water partition coefficient (Wildman–Crippen LogP) is 10.4. The molecule has 4 nitrogen and oxygen atoms in total. The van der Waals surface area contributed by atoms with Gasteiger partial charge in [-0.1, -0.05) is 115 Å². The zero-order valence-electron chi connectivity index (χ0n) is 24.3. The Kier molecular flexibility index (Phi) is 5.85. The summed E-state index contributed by atoms with van der Waals surface area (Å²) >= 11 is 0. The van der Waals surface area contributed by atoms with Crippen molar-refractivity contribution < 1.29 is 4.74 Å². The third kappa shape index (κ3) is 4.55. The van der Waals surface area contributed by atoms with Gasteiger partial charge in [0.15, 0.2) is 17.8 Å². The molecule has 0 bridgehead atoms. The molecule has 4 heteroatoms. The number of nitrogens with one attached hydrogen (secondary N) is 1. The molecule has 1 unspecified atom stereocenters. The van der Waals surface area contributed by atoms with Gasteiger partial charge in [0.1, 0.15) is 0 Å². The molecule has 9 rings (SSSR count). The summed E-state index contributed by atoms with van der Waals surface area (Å²) in [5, 5.41) is 10.4. The van der Waals surface area contributed by atoms with Crippen LogP contribution in [0.25, 0.3) is 66.2 Å². The Morgan fingerprint density at radius 3 is 1.73 bits per heavy atom. The molecule has 0 amide bonds. The van der Waals surface area contributed by atoms with E-state index < -0.39 is 0 Å². The molecule has 0 radical (unpaired) electrons. The normalized spacial score (nSPS) is 13.9. The van der Waals surface area contributed by atoms with Gasteiger partial charge in [-0.2, -0.15) is 0 Å². The summed E-state index contributed by atoms with van der Waals surface area (Å²) in [7, 11) is 0. The van der Waals surface area contributed by atoms with Crippen molar-refractivity contribution in [3.05, 3.63) is 157 Å². The molecule has 45 heavy (non-hydrogen) atoms. The lowest BCUT2D eigenvalue weighted by Gasteiger charge is -2.12. The van der Waals surface area contributed by atoms with Crippen molar-refractivity contribution >= 4 is 38.0 Å². The molecule has 1 atom stereocenters. The zero-order valence-corrected chi connectivity index (χ0v) is 24.3. The van der Waals surface area contributed by atoms with E-state index in [-0.39, 0.29) is 6.23 Å². The molecule has 0 saturated carbocycles. The van der Waals surface area contributed by atoms with Crippen molar-refractivity contribution in [1.82, 2.24) is 9.97 Å². The van der Waals surface area contributed by atoms with Gasteiger partial charge < -0.3 is 10.1 Å². The second-order valence-electron chi connectivity index (χ2n) is 11.5. The Morgan fingerprint density at radius 2 is 1.02 bits per heavy atom. The van der Waals surface area contributed by atoms with Crippen LogP contribution >= 0.6 is 0 Å². The first-order valence-electron chi connectivity index (χ1n) is 15.2. The minimum absolute atomic E-state index is 0.206. The van der Waals surface area contributed by atoms with Crippen LogP contribution in [0.5, 0.6) is 5.75 Å². The lowest BCUT2D eigenvalue weighted by atomic mass is 10.0. The fourth-order valence-corrected chi connectivity index (χ4v) is 6.32. The van der Waals surface area contributed by atoms with Gasteiger partial charge >= 0.3 is 0 Å². The Bertz CT molecular complexity index is 2300. The van der Waals surface area contributed by atoms with E-state index >= 15 is 0 Å². The molecular weight excluding hydrogens is 550 g/mol. The second kappa shape index (κ2) is 10.3. The first kappa shape index (κ1) is 25.5. The SMILES string of the molecule is c1ccc(C2Nc3ccc4cc(-c5cc(-c6ccc7ccccc7c6)nc(-c6ccc7ccccc7c6)n5)ccc4c3O2)cc1. The van der Waals surface area contributed by atoms with Crippen LogP contribution in [0.15, 0.2) is 152 Å². The lowest BCUT2D eigenvalue weighted by molar-refractivity contribution is 0.262. The number of anilines is 1. The molecule has 0 fully saturated rings. The smallest absolute Gasteiger partial charge is 0.196 e. The predicted molar refractivity (Wildman–Crippen MR) is 184 cm³/mol. The van der Waals surface area contributed by atoms with Crippen LogP contribution in [0.3, 0.4) is 0 Å². The first-order valence-corrected chi connectivity index (χ1v) is 15.2. The molecule has 0 aliphatic carbocycles. The summed E-state index contributed by atoms with van der Waals surface area (Å²) < 4.78 is 6.44. The van der Waals surface area contributed by atoms with Gasteiger partial charge in [0.25, 0.3) is 0 Å². The van der Waals surface area contributed by atoms with Crippen LogP contribution in [-0.2, 0) is 0 Å². The van der Waals surface area contributed by atoms with E-state index in [2.05, 4.69) is 139 Å². The van der Waals surface area contributed by atoms with Gasteiger partial charge in [-0.05, 0) is 63.3 Å². The lowest BCUT2D eigenvalue weighted by Crippen LogP contribution is -2.09. The summed E-state index contributed by atoms with van der Waals surface area (Å²) in [6.45, 7) is 0. The van der Waals surface area contributed by atoms with Crippen molar-refractivity contribution in [3.63, 3.8) is 0 Å². The summed E-state index contributed by atoms with van der Waals surface area (Å²) in [4.78, 5) is 10.3. The zero-order chi connectivity index (χ0) is 29.7. The van der Waals surface area contributed by atoms with Crippen LogP contribution in [0.2, 0.25) is 0 Å². The highest BCUT2D eigenvalue weighted by atomic mass is 16.5. The van der Waals surface area contributed by atoms with Gasteiger partial charge in [-0.15, -0.1) is 0 Å². The molecule has 0 saturated heterocycles. The maximum Gasteiger partial charge on any atom is 0.196 e. The van der Waals surface area contributed by atoms with Gasteiger partial charge in [0.05, 0.1) is 17.1 Å². The van der Waals surface area contributed by atoms with E-state index in [0.29, 0.717) is 5.82 Å². The highest BCUT2D eigenvalue weighted by Crippen LogP contribution is 2.44. The topological polar surface area (TPSA) is 47.0 Å². The average Bonchev–Trinajstić information content (AvgIpc) is 3.56. The van der Waals surface area contributed by atoms with Crippen LogP contribution in [0.4, 0.5) is 5.69 Å². The molecule has 8 aromatic rings. The van der Waals surface area contributed by atoms with Crippen molar-refractivity contribution in [1.29, 1.82) is 0 Å². The van der Waals surface area contributed by atoms with E-state index in [9.17, 15) is 0 Å². The average molecular weight is 578 g/mol. The number of hydrogen-bond acceptors (Lipinski definition) is 4. The van der Waals surface area contributed by atoms with Crippen LogP contribution in [0, 0.1) is 0 Å². The molecule has 1 aliphatic heterocycles. The number of nitrogens with zero attached hydrogens (tertiary/aromatic N) is 2. The molecule has 2 heterocycles. The Labute approximate surface area is 260 Å². The van der Waals surface area contributed by atoms with Crippen LogP contribution < -0.4 is 10.1 Å². The fraction of sp³-hybridized carbons (Fsp3) is 0.0244. The van der Waals surface area contributed by atoms with Gasteiger partial charge in [-0.25, -0.2) is 9.97 Å². The van der Waals surface area contributed by atoms with Gasteiger partial charge in [0.2, 0.25) is 0 Å². The second-order valence-corrected chi connectivity index (χ2v) is 11.5.